The van der Waals surface area contributed by atoms with Gasteiger partial charge in [-0.05, 0) is 24.2 Å². The highest BCUT2D eigenvalue weighted by Crippen LogP contribution is 2.39. The molecule has 0 N–H and O–H groups in total. The quantitative estimate of drug-likeness (QED) is 0.336. The van der Waals surface area contributed by atoms with Crippen molar-refractivity contribution >= 4 is 17.7 Å². The molecule has 8 heteroatoms. The van der Waals surface area contributed by atoms with E-state index in [0.29, 0.717) is 6.42 Å². The third kappa shape index (κ3) is 5.42. The van der Waals surface area contributed by atoms with Crippen molar-refractivity contribution in [2.24, 2.45) is 5.92 Å². The minimum Gasteiger partial charge on any atom is -0.493 e. The van der Waals surface area contributed by atoms with E-state index in [1.807, 2.05) is 12.1 Å². The van der Waals surface area contributed by atoms with Gasteiger partial charge in [-0.25, -0.2) is 0 Å². The summed E-state index contributed by atoms with van der Waals surface area (Å²) in [5.41, 5.74) is -0.210. The van der Waals surface area contributed by atoms with E-state index in [1.165, 1.54) is 12.8 Å². The van der Waals surface area contributed by atoms with Crippen LogP contribution in [0.3, 0.4) is 0 Å². The molecule has 162 valence electrons. The summed E-state index contributed by atoms with van der Waals surface area (Å²) < 4.78 is 22.3. The van der Waals surface area contributed by atoms with Crippen LogP contribution in [0.4, 0.5) is 0 Å². The second kappa shape index (κ2) is 10.6. The monoisotopic (exact) mass is 424 g/mol. The minimum atomic E-state index is -0.990. The van der Waals surface area contributed by atoms with Crippen molar-refractivity contribution in [3.05, 3.63) is 24.0 Å². The molecular weight excluding hydrogens is 392 g/mol. The predicted molar refractivity (Wildman–Crippen MR) is 112 cm³/mol. The number of pyridine rings is 1. The highest BCUT2D eigenvalue weighted by molar-refractivity contribution is 7.99. The van der Waals surface area contributed by atoms with Crippen molar-refractivity contribution in [2.75, 3.05) is 45.9 Å². The Balaban J connectivity index is 1.73. The lowest BCUT2D eigenvalue weighted by atomic mass is 9.79. The molecule has 2 fully saturated rings. The number of thioether (sulfide) groups is 1. The fraction of sp³-hybridized carbons (Fsp3) is 0.714. The summed E-state index contributed by atoms with van der Waals surface area (Å²) in [6.07, 6.45) is 5.85. The number of carbonyl (C=O) groups excluding carboxylic acids is 1. The molecule has 2 heterocycles. The molecule has 1 aliphatic carbocycles. The minimum absolute atomic E-state index is 0.0530. The fourth-order valence-electron chi connectivity index (χ4n) is 3.68. The maximum atomic E-state index is 13.1. The number of rotatable bonds is 14. The zero-order valence-electron chi connectivity index (χ0n) is 17.6. The molecule has 0 bridgehead atoms. The van der Waals surface area contributed by atoms with Crippen LogP contribution < -0.4 is 4.74 Å². The van der Waals surface area contributed by atoms with E-state index in [-0.39, 0.29) is 25.5 Å². The first kappa shape index (κ1) is 22.3. The molecule has 0 spiro atoms. The smallest absolute Gasteiger partial charge is 0.259 e. The number of amides is 1. The first-order valence-corrected chi connectivity index (χ1v) is 11.4. The molecule has 2 atom stereocenters. The Hall–Kier alpha value is -1.35. The normalized spacial score (nSPS) is 23.9. The summed E-state index contributed by atoms with van der Waals surface area (Å²) in [4.78, 5) is 19.3. The van der Waals surface area contributed by atoms with Gasteiger partial charge < -0.3 is 23.8 Å². The molecule has 1 amide bonds. The van der Waals surface area contributed by atoms with Crippen LogP contribution in [-0.4, -0.2) is 73.3 Å². The lowest BCUT2D eigenvalue weighted by molar-refractivity contribution is -0.229. The number of nitrogens with zero attached hydrogens (tertiary/aromatic N) is 2. The fourth-order valence-corrected chi connectivity index (χ4v) is 4.59. The summed E-state index contributed by atoms with van der Waals surface area (Å²) in [5.74, 6) is 3.28. The first-order chi connectivity index (χ1) is 14.1. The van der Waals surface area contributed by atoms with Gasteiger partial charge in [-0.2, -0.15) is 11.8 Å². The van der Waals surface area contributed by atoms with Crippen LogP contribution in [-0.2, 0) is 25.4 Å². The van der Waals surface area contributed by atoms with Crippen LogP contribution in [0.15, 0.2) is 18.3 Å². The lowest BCUT2D eigenvalue weighted by Crippen LogP contribution is -2.77. The maximum Gasteiger partial charge on any atom is 0.259 e. The topological polar surface area (TPSA) is 70.1 Å². The number of methoxy groups -OCH3 is 2. The first-order valence-electron chi connectivity index (χ1n) is 10.2. The summed E-state index contributed by atoms with van der Waals surface area (Å²) in [5, 5.41) is 0. The molecule has 2 aliphatic rings. The highest BCUT2D eigenvalue weighted by Gasteiger charge is 2.61. The number of ether oxygens (including phenoxy) is 4. The molecule has 1 aromatic heterocycles. The van der Waals surface area contributed by atoms with Crippen molar-refractivity contribution in [2.45, 2.75) is 44.2 Å². The molecule has 3 rings (SSSR count). The molecule has 29 heavy (non-hydrogen) atoms. The van der Waals surface area contributed by atoms with Gasteiger partial charge >= 0.3 is 0 Å². The number of hydrogen-bond donors (Lipinski definition) is 0. The van der Waals surface area contributed by atoms with E-state index in [1.54, 1.807) is 37.1 Å². The van der Waals surface area contributed by atoms with E-state index in [0.717, 1.165) is 41.9 Å². The summed E-state index contributed by atoms with van der Waals surface area (Å²) in [6, 6.07) is 3.68. The van der Waals surface area contributed by atoms with Gasteiger partial charge in [-0.1, -0.05) is 19.8 Å². The Morgan fingerprint density at radius 1 is 1.31 bits per heavy atom. The third-order valence-corrected chi connectivity index (χ3v) is 6.40. The number of carbonyl (C=O) groups is 1. The molecule has 1 aliphatic heterocycles. The van der Waals surface area contributed by atoms with Gasteiger partial charge in [0.1, 0.15) is 19.3 Å². The zero-order chi connectivity index (χ0) is 20.7. The van der Waals surface area contributed by atoms with Gasteiger partial charge in [0.15, 0.2) is 5.60 Å². The third-order valence-electron chi connectivity index (χ3n) is 5.44. The van der Waals surface area contributed by atoms with Gasteiger partial charge in [-0.15, -0.1) is 0 Å². The average molecular weight is 425 g/mol. The van der Waals surface area contributed by atoms with Crippen LogP contribution in [0.2, 0.25) is 0 Å². The molecular formula is C21H32N2O5S. The summed E-state index contributed by atoms with van der Waals surface area (Å²) in [7, 11) is 3.16. The van der Waals surface area contributed by atoms with Crippen molar-refractivity contribution in [1.82, 2.24) is 9.88 Å². The lowest BCUT2D eigenvalue weighted by Gasteiger charge is -2.54. The van der Waals surface area contributed by atoms with E-state index in [2.05, 4.69) is 11.9 Å². The second-order valence-corrected chi connectivity index (χ2v) is 8.87. The number of likely N-dealkylation sites (tertiary alicyclic amines) is 1. The van der Waals surface area contributed by atoms with Crippen molar-refractivity contribution in [3.63, 3.8) is 0 Å². The number of hydrogen-bond acceptors (Lipinski definition) is 7. The molecule has 0 aromatic carbocycles. The molecule has 7 nitrogen and oxygen atoms in total. The maximum absolute atomic E-state index is 13.1. The van der Waals surface area contributed by atoms with E-state index in [4.69, 9.17) is 18.9 Å². The molecule has 1 saturated heterocycles. The molecule has 0 radical (unpaired) electrons. The Morgan fingerprint density at radius 3 is 2.83 bits per heavy atom. The van der Waals surface area contributed by atoms with Crippen LogP contribution in [0.5, 0.6) is 5.75 Å². The van der Waals surface area contributed by atoms with Crippen molar-refractivity contribution < 1.29 is 23.7 Å². The van der Waals surface area contributed by atoms with E-state index >= 15 is 0 Å². The standard InChI is InChI=1S/C21H32N2O5S/c1-4-29-13-19-21(28-15-26-3,20(24)23(19)14-25-2)12-17-11-18(7-9-22-17)27-10-8-16-5-6-16/h7,9,11,16,19H,4-6,8,10,12-15H2,1-3H3/t19-,21+/m0/s1. The highest BCUT2D eigenvalue weighted by atomic mass is 32.2. The van der Waals surface area contributed by atoms with Crippen molar-refractivity contribution in [3.8, 4) is 5.75 Å². The Labute approximate surface area is 177 Å². The summed E-state index contributed by atoms with van der Waals surface area (Å²) in [6.45, 7) is 3.13. The van der Waals surface area contributed by atoms with Crippen LogP contribution >= 0.6 is 11.8 Å². The average Bonchev–Trinajstić information content (AvgIpc) is 3.55. The van der Waals surface area contributed by atoms with Gasteiger partial charge in [0.2, 0.25) is 0 Å². The summed E-state index contributed by atoms with van der Waals surface area (Å²) >= 11 is 1.78. The zero-order valence-corrected chi connectivity index (χ0v) is 18.4. The molecule has 1 saturated carbocycles. The van der Waals surface area contributed by atoms with Gasteiger partial charge in [0.25, 0.3) is 5.91 Å². The number of aromatic nitrogens is 1. The molecule has 1 aromatic rings. The number of β-lactam (4-membered cyclic amide) rings is 1. The second-order valence-electron chi connectivity index (χ2n) is 7.55. The van der Waals surface area contributed by atoms with E-state index < -0.39 is 5.60 Å². The Morgan fingerprint density at radius 2 is 2.14 bits per heavy atom. The van der Waals surface area contributed by atoms with Gasteiger partial charge in [-0.3, -0.25) is 9.78 Å². The SMILES string of the molecule is CCSC[C@@H]1N(COC)C(=O)[C@]1(Cc1cc(OCCC2CC2)ccn1)OCOC. The largest absolute Gasteiger partial charge is 0.493 e. The Kier molecular flexibility index (Phi) is 8.17. The molecule has 0 unspecified atom stereocenters. The van der Waals surface area contributed by atoms with Gasteiger partial charge in [0, 0.05) is 44.4 Å². The predicted octanol–water partition coefficient (Wildman–Crippen LogP) is 2.73. The van der Waals surface area contributed by atoms with Crippen molar-refractivity contribution in [1.29, 1.82) is 0 Å². The van der Waals surface area contributed by atoms with Crippen LogP contribution in [0, 0.1) is 5.92 Å². The van der Waals surface area contributed by atoms with Crippen LogP contribution in [0.25, 0.3) is 0 Å². The van der Waals surface area contributed by atoms with Crippen LogP contribution in [0.1, 0.15) is 31.9 Å². The Bertz CT molecular complexity index is 672. The van der Waals surface area contributed by atoms with Gasteiger partial charge in [0.05, 0.1) is 12.6 Å². The van der Waals surface area contributed by atoms with E-state index in [9.17, 15) is 4.79 Å².